The first-order valence-corrected chi connectivity index (χ1v) is 8.30. The highest BCUT2D eigenvalue weighted by Gasteiger charge is 2.17. The number of rotatable bonds is 7. The van der Waals surface area contributed by atoms with Gasteiger partial charge in [-0.15, -0.1) is 0 Å². The van der Waals surface area contributed by atoms with Crippen LogP contribution in [0.15, 0.2) is 41.7 Å². The van der Waals surface area contributed by atoms with Crippen LogP contribution in [0.5, 0.6) is 0 Å². The molecule has 0 aromatic carbocycles. The van der Waals surface area contributed by atoms with Gasteiger partial charge >= 0.3 is 0 Å². The lowest BCUT2D eigenvalue weighted by Crippen LogP contribution is -2.15. The van der Waals surface area contributed by atoms with Crippen LogP contribution >= 0.6 is 0 Å². The minimum atomic E-state index is -3.58. The Labute approximate surface area is 125 Å². The number of aromatic nitrogens is 2. The Bertz CT molecular complexity index is 680. The summed E-state index contributed by atoms with van der Waals surface area (Å²) in [4.78, 5) is 4.15. The summed E-state index contributed by atoms with van der Waals surface area (Å²) < 4.78 is 29.0. The Morgan fingerprint density at radius 2 is 2.19 bits per heavy atom. The number of pyridine rings is 1. The van der Waals surface area contributed by atoms with E-state index < -0.39 is 10.0 Å². The minimum absolute atomic E-state index is 0.252. The third kappa shape index (κ3) is 4.05. The smallest absolute Gasteiger partial charge is 0.263 e. The van der Waals surface area contributed by atoms with Gasteiger partial charge in [-0.1, -0.05) is 6.92 Å². The highest BCUT2D eigenvalue weighted by atomic mass is 32.2. The summed E-state index contributed by atoms with van der Waals surface area (Å²) in [7, 11) is -1.74. The zero-order valence-corrected chi connectivity index (χ0v) is 13.0. The second-order valence-electron chi connectivity index (χ2n) is 4.80. The van der Waals surface area contributed by atoms with Crippen LogP contribution in [0.1, 0.15) is 19.0 Å². The minimum Gasteiger partial charge on any atom is -0.352 e. The van der Waals surface area contributed by atoms with E-state index in [4.69, 9.17) is 0 Å². The average molecular weight is 308 g/mol. The van der Waals surface area contributed by atoms with E-state index in [0.29, 0.717) is 12.2 Å². The molecule has 6 nitrogen and oxygen atoms in total. The van der Waals surface area contributed by atoms with Crippen molar-refractivity contribution in [3.8, 4) is 0 Å². The molecule has 0 aliphatic carbocycles. The molecule has 7 heteroatoms. The predicted molar refractivity (Wildman–Crippen MR) is 82.5 cm³/mol. The van der Waals surface area contributed by atoms with Gasteiger partial charge in [-0.25, -0.2) is 8.42 Å². The van der Waals surface area contributed by atoms with Gasteiger partial charge in [-0.2, -0.15) is 0 Å². The highest BCUT2D eigenvalue weighted by Crippen LogP contribution is 2.17. The second kappa shape index (κ2) is 6.73. The number of anilines is 1. The molecule has 0 atom stereocenters. The normalized spacial score (nSPS) is 11.5. The van der Waals surface area contributed by atoms with E-state index in [-0.39, 0.29) is 4.90 Å². The Morgan fingerprint density at radius 1 is 1.38 bits per heavy atom. The highest BCUT2D eigenvalue weighted by molar-refractivity contribution is 7.92. The number of nitrogens with zero attached hydrogens (tertiary/aromatic N) is 2. The molecular formula is C14H20N4O2S. The number of hydrogen-bond acceptors (Lipinski definition) is 4. The number of hydrogen-bond donors (Lipinski definition) is 2. The van der Waals surface area contributed by atoms with Crippen LogP contribution in [0.3, 0.4) is 0 Å². The maximum Gasteiger partial charge on any atom is 0.263 e. The standard InChI is InChI=1S/C14H20N4O2S/c1-3-6-15-10-13-8-14(11-18(13)2)21(19,20)17-12-5-4-7-16-9-12/h4-5,7-9,11,15,17H,3,6,10H2,1-2H3. The van der Waals surface area contributed by atoms with Crippen LogP contribution < -0.4 is 10.0 Å². The van der Waals surface area contributed by atoms with E-state index >= 15 is 0 Å². The molecule has 2 heterocycles. The first-order valence-electron chi connectivity index (χ1n) is 6.81. The SMILES string of the molecule is CCCNCc1cc(S(=O)(=O)Nc2cccnc2)cn1C. The Hall–Kier alpha value is -1.86. The molecule has 2 aromatic rings. The van der Waals surface area contributed by atoms with Gasteiger partial charge in [0.1, 0.15) is 4.90 Å². The van der Waals surface area contributed by atoms with Gasteiger partial charge in [0.05, 0.1) is 11.9 Å². The zero-order chi connectivity index (χ0) is 15.3. The Balaban J connectivity index is 2.15. The van der Waals surface area contributed by atoms with E-state index in [1.54, 1.807) is 30.6 Å². The average Bonchev–Trinajstić information content (AvgIpc) is 2.82. The molecule has 0 amide bonds. The molecule has 0 fully saturated rings. The summed E-state index contributed by atoms with van der Waals surface area (Å²) in [5, 5.41) is 3.26. The van der Waals surface area contributed by atoms with Crippen molar-refractivity contribution in [2.75, 3.05) is 11.3 Å². The second-order valence-corrected chi connectivity index (χ2v) is 6.48. The largest absolute Gasteiger partial charge is 0.352 e. The van der Waals surface area contributed by atoms with Crippen molar-refractivity contribution >= 4 is 15.7 Å². The fraction of sp³-hybridized carbons (Fsp3) is 0.357. The topological polar surface area (TPSA) is 76.0 Å². The lowest BCUT2D eigenvalue weighted by atomic mass is 10.4. The molecule has 0 unspecified atom stereocenters. The van der Waals surface area contributed by atoms with Gasteiger partial charge in [0, 0.05) is 31.7 Å². The number of sulfonamides is 1. The maximum absolute atomic E-state index is 12.3. The van der Waals surface area contributed by atoms with Crippen molar-refractivity contribution in [1.29, 1.82) is 0 Å². The van der Waals surface area contributed by atoms with Gasteiger partial charge in [0.25, 0.3) is 10.0 Å². The monoisotopic (exact) mass is 308 g/mol. The van der Waals surface area contributed by atoms with Gasteiger partial charge < -0.3 is 9.88 Å². The van der Waals surface area contributed by atoms with Crippen LogP contribution in [-0.4, -0.2) is 24.5 Å². The van der Waals surface area contributed by atoms with Crippen molar-refractivity contribution in [2.24, 2.45) is 7.05 Å². The fourth-order valence-electron chi connectivity index (χ4n) is 1.93. The molecule has 0 spiro atoms. The van der Waals surface area contributed by atoms with Gasteiger partial charge in [0.2, 0.25) is 0 Å². The fourth-order valence-corrected chi connectivity index (χ4v) is 3.07. The summed E-state index contributed by atoms with van der Waals surface area (Å²) >= 11 is 0. The lowest BCUT2D eigenvalue weighted by molar-refractivity contribution is 0.601. The molecular weight excluding hydrogens is 288 g/mol. The molecule has 0 aliphatic heterocycles. The molecule has 0 bridgehead atoms. The maximum atomic E-state index is 12.3. The predicted octanol–water partition coefficient (Wildman–Crippen LogP) is 1.72. The van der Waals surface area contributed by atoms with E-state index in [1.165, 1.54) is 6.20 Å². The van der Waals surface area contributed by atoms with E-state index in [1.807, 2.05) is 11.6 Å². The summed E-state index contributed by atoms with van der Waals surface area (Å²) in [6.07, 6.45) is 5.72. The zero-order valence-electron chi connectivity index (χ0n) is 12.2. The van der Waals surface area contributed by atoms with Gasteiger partial charge in [-0.05, 0) is 31.2 Å². The number of nitrogens with one attached hydrogen (secondary N) is 2. The van der Waals surface area contributed by atoms with Crippen molar-refractivity contribution in [3.05, 3.63) is 42.5 Å². The summed E-state index contributed by atoms with van der Waals surface area (Å²) in [5.41, 5.74) is 1.38. The molecule has 114 valence electrons. The number of aryl methyl sites for hydroxylation is 1. The Morgan fingerprint density at radius 3 is 2.86 bits per heavy atom. The van der Waals surface area contributed by atoms with Crippen molar-refractivity contribution < 1.29 is 8.42 Å². The molecule has 0 radical (unpaired) electrons. The van der Waals surface area contributed by atoms with Crippen LogP contribution in [-0.2, 0) is 23.6 Å². The summed E-state index contributed by atoms with van der Waals surface area (Å²) in [6, 6.07) is 5.03. The van der Waals surface area contributed by atoms with Crippen molar-refractivity contribution in [1.82, 2.24) is 14.9 Å². The first-order chi connectivity index (χ1) is 10.0. The third-order valence-corrected chi connectivity index (χ3v) is 4.39. The van der Waals surface area contributed by atoms with Crippen LogP contribution in [0.2, 0.25) is 0 Å². The molecule has 2 aromatic heterocycles. The van der Waals surface area contributed by atoms with Crippen LogP contribution in [0.25, 0.3) is 0 Å². The summed E-state index contributed by atoms with van der Waals surface area (Å²) in [5.74, 6) is 0. The van der Waals surface area contributed by atoms with Crippen molar-refractivity contribution in [2.45, 2.75) is 24.8 Å². The quantitative estimate of drug-likeness (QED) is 0.764. The molecule has 0 saturated carbocycles. The molecule has 2 N–H and O–H groups in total. The summed E-state index contributed by atoms with van der Waals surface area (Å²) in [6.45, 7) is 3.64. The third-order valence-electron chi connectivity index (χ3n) is 3.04. The van der Waals surface area contributed by atoms with Gasteiger partial charge in [0.15, 0.2) is 0 Å². The lowest BCUT2D eigenvalue weighted by Gasteiger charge is -2.05. The Kier molecular flexibility index (Phi) is 4.98. The van der Waals surface area contributed by atoms with Crippen LogP contribution in [0.4, 0.5) is 5.69 Å². The van der Waals surface area contributed by atoms with E-state index in [2.05, 4.69) is 21.9 Å². The molecule has 0 saturated heterocycles. The van der Waals surface area contributed by atoms with E-state index in [9.17, 15) is 8.42 Å². The molecule has 2 rings (SSSR count). The first kappa shape index (κ1) is 15.5. The van der Waals surface area contributed by atoms with Gasteiger partial charge in [-0.3, -0.25) is 9.71 Å². The van der Waals surface area contributed by atoms with E-state index in [0.717, 1.165) is 18.7 Å². The molecule has 0 aliphatic rings. The van der Waals surface area contributed by atoms with Crippen molar-refractivity contribution in [3.63, 3.8) is 0 Å². The van der Waals surface area contributed by atoms with Crippen LogP contribution in [0, 0.1) is 0 Å². The molecule has 21 heavy (non-hydrogen) atoms.